The van der Waals surface area contributed by atoms with Crippen LogP contribution in [0.1, 0.15) is 25.5 Å². The van der Waals surface area contributed by atoms with Gasteiger partial charge in [-0.2, -0.15) is 17.5 Å². The summed E-state index contributed by atoms with van der Waals surface area (Å²) in [6.07, 6.45) is -2.60. The van der Waals surface area contributed by atoms with Gasteiger partial charge in [0.15, 0.2) is 5.69 Å². The summed E-state index contributed by atoms with van der Waals surface area (Å²) in [5, 5.41) is 0. The summed E-state index contributed by atoms with van der Waals surface area (Å²) in [5.41, 5.74) is -1.46. The van der Waals surface area contributed by atoms with Crippen LogP contribution in [0.3, 0.4) is 0 Å². The number of fused-ring (bicyclic) bond motifs is 1. The smallest absolute Gasteiger partial charge is 0.337 e. The van der Waals surface area contributed by atoms with Gasteiger partial charge in [0.2, 0.25) is 15.9 Å². The number of halogens is 3. The second kappa shape index (κ2) is 5.69. The van der Waals surface area contributed by atoms with Crippen molar-refractivity contribution in [1.82, 2.24) is 14.2 Å². The predicted octanol–water partition coefficient (Wildman–Crippen LogP) is 1.48. The molecular formula is C14H16F3N3O3S. The molecule has 132 valence electrons. The minimum Gasteiger partial charge on any atom is -0.337 e. The Morgan fingerprint density at radius 1 is 1.33 bits per heavy atom. The predicted molar refractivity (Wildman–Crippen MR) is 77.3 cm³/mol. The third-order valence-electron chi connectivity index (χ3n) is 4.47. The number of rotatable bonds is 2. The lowest BCUT2D eigenvalue weighted by Gasteiger charge is -2.40. The second-order valence-corrected chi connectivity index (χ2v) is 7.79. The normalized spacial score (nSPS) is 25.8. The van der Waals surface area contributed by atoms with Crippen molar-refractivity contribution in [1.29, 1.82) is 0 Å². The van der Waals surface area contributed by atoms with E-state index in [-0.39, 0.29) is 18.5 Å². The minimum atomic E-state index is -4.90. The van der Waals surface area contributed by atoms with Gasteiger partial charge in [-0.05, 0) is 31.9 Å². The van der Waals surface area contributed by atoms with Crippen LogP contribution in [0.5, 0.6) is 0 Å². The maximum absolute atomic E-state index is 13.1. The van der Waals surface area contributed by atoms with Crippen LogP contribution in [0.4, 0.5) is 13.2 Å². The summed E-state index contributed by atoms with van der Waals surface area (Å²) >= 11 is 0. The highest BCUT2D eigenvalue weighted by Gasteiger charge is 2.48. The SMILES string of the molecule is C[C@H]1C(=O)N2CCC[C@@H]2CN1S(=O)(=O)c1cccnc1C(F)(F)F. The maximum atomic E-state index is 13.1. The minimum absolute atomic E-state index is 0.00142. The molecule has 3 heterocycles. The van der Waals surface area contributed by atoms with Crippen molar-refractivity contribution in [2.75, 3.05) is 13.1 Å². The van der Waals surface area contributed by atoms with Crippen LogP contribution in [-0.4, -0.2) is 53.7 Å². The molecule has 0 N–H and O–H groups in total. The van der Waals surface area contributed by atoms with Crippen molar-refractivity contribution in [2.45, 2.75) is 42.9 Å². The quantitative estimate of drug-likeness (QED) is 0.798. The van der Waals surface area contributed by atoms with Crippen LogP contribution in [0.15, 0.2) is 23.2 Å². The van der Waals surface area contributed by atoms with Gasteiger partial charge in [0.25, 0.3) is 0 Å². The van der Waals surface area contributed by atoms with E-state index in [2.05, 4.69) is 4.98 Å². The summed E-state index contributed by atoms with van der Waals surface area (Å²) < 4.78 is 65.8. The lowest BCUT2D eigenvalue weighted by Crippen LogP contribution is -2.60. The number of hydrogen-bond donors (Lipinski definition) is 0. The molecule has 1 aromatic heterocycles. The van der Waals surface area contributed by atoms with E-state index in [0.29, 0.717) is 13.0 Å². The Labute approximate surface area is 137 Å². The Bertz CT molecular complexity index is 766. The first-order valence-electron chi connectivity index (χ1n) is 7.48. The van der Waals surface area contributed by atoms with Gasteiger partial charge in [0, 0.05) is 25.3 Å². The largest absolute Gasteiger partial charge is 0.434 e. The van der Waals surface area contributed by atoms with Crippen molar-refractivity contribution in [3.63, 3.8) is 0 Å². The Kier molecular flexibility index (Phi) is 4.07. The Morgan fingerprint density at radius 3 is 2.71 bits per heavy atom. The second-order valence-electron chi connectivity index (χ2n) is 5.93. The molecule has 0 bridgehead atoms. The zero-order valence-corrected chi connectivity index (χ0v) is 13.6. The molecule has 0 spiro atoms. The third-order valence-corrected chi connectivity index (χ3v) is 6.43. The van der Waals surface area contributed by atoms with Crippen LogP contribution in [0.2, 0.25) is 0 Å². The number of sulfonamides is 1. The summed E-state index contributed by atoms with van der Waals surface area (Å²) in [6, 6.07) is 0.698. The molecule has 6 nitrogen and oxygen atoms in total. The number of hydrogen-bond acceptors (Lipinski definition) is 4. The van der Waals surface area contributed by atoms with Gasteiger partial charge in [-0.1, -0.05) is 0 Å². The fraction of sp³-hybridized carbons (Fsp3) is 0.571. The van der Waals surface area contributed by atoms with Crippen LogP contribution in [-0.2, 0) is 21.0 Å². The average molecular weight is 363 g/mol. The molecule has 24 heavy (non-hydrogen) atoms. The van der Waals surface area contributed by atoms with Crippen molar-refractivity contribution in [2.24, 2.45) is 0 Å². The highest BCUT2D eigenvalue weighted by atomic mass is 32.2. The van der Waals surface area contributed by atoms with E-state index >= 15 is 0 Å². The Balaban J connectivity index is 2.04. The summed E-state index contributed by atoms with van der Waals surface area (Å²) in [4.78, 5) is 16.3. The summed E-state index contributed by atoms with van der Waals surface area (Å²) in [7, 11) is -4.49. The van der Waals surface area contributed by atoms with Gasteiger partial charge >= 0.3 is 6.18 Å². The molecule has 2 atom stereocenters. The molecule has 2 aliphatic heterocycles. The van der Waals surface area contributed by atoms with Gasteiger partial charge in [-0.3, -0.25) is 9.78 Å². The van der Waals surface area contributed by atoms with E-state index in [9.17, 15) is 26.4 Å². The van der Waals surface area contributed by atoms with E-state index in [0.717, 1.165) is 29.1 Å². The monoisotopic (exact) mass is 363 g/mol. The van der Waals surface area contributed by atoms with Crippen molar-refractivity contribution < 1.29 is 26.4 Å². The topological polar surface area (TPSA) is 70.6 Å². The van der Waals surface area contributed by atoms with Crippen LogP contribution < -0.4 is 0 Å². The van der Waals surface area contributed by atoms with Gasteiger partial charge in [-0.25, -0.2) is 8.42 Å². The lowest BCUT2D eigenvalue weighted by atomic mass is 10.1. The number of carbonyl (C=O) groups is 1. The zero-order chi connectivity index (χ0) is 17.7. The molecule has 2 saturated heterocycles. The van der Waals surface area contributed by atoms with Gasteiger partial charge in [0.05, 0.1) is 0 Å². The number of carbonyl (C=O) groups excluding carboxylic acids is 1. The molecule has 2 fully saturated rings. The zero-order valence-electron chi connectivity index (χ0n) is 12.8. The first-order chi connectivity index (χ1) is 11.1. The fourth-order valence-corrected chi connectivity index (χ4v) is 5.08. The number of alkyl halides is 3. The number of aromatic nitrogens is 1. The molecule has 0 aromatic carbocycles. The molecule has 1 amide bonds. The number of pyridine rings is 1. The molecule has 3 rings (SSSR count). The van der Waals surface area contributed by atoms with Crippen LogP contribution in [0.25, 0.3) is 0 Å². The van der Waals surface area contributed by atoms with Gasteiger partial charge in [0.1, 0.15) is 10.9 Å². The van der Waals surface area contributed by atoms with E-state index in [1.807, 2.05) is 0 Å². The first-order valence-corrected chi connectivity index (χ1v) is 8.92. The number of nitrogens with zero attached hydrogens (tertiary/aromatic N) is 3. The molecule has 10 heteroatoms. The van der Waals surface area contributed by atoms with E-state index < -0.39 is 32.8 Å². The standard InChI is InChI=1S/C14H16F3N3O3S/c1-9-13(21)19-7-3-4-10(19)8-20(9)24(22,23)11-5-2-6-18-12(11)14(15,16)17/h2,5-6,9-10H,3-4,7-8H2,1H3/t9-,10+/m0/s1. The number of amides is 1. The molecule has 2 aliphatic rings. The first kappa shape index (κ1) is 17.2. The fourth-order valence-electron chi connectivity index (χ4n) is 3.29. The van der Waals surface area contributed by atoms with Crippen molar-refractivity contribution in [3.05, 3.63) is 24.0 Å². The highest BCUT2D eigenvalue weighted by molar-refractivity contribution is 7.89. The third kappa shape index (κ3) is 2.67. The summed E-state index contributed by atoms with van der Waals surface area (Å²) in [5.74, 6) is -0.371. The maximum Gasteiger partial charge on any atom is 0.434 e. The van der Waals surface area contributed by atoms with Crippen molar-refractivity contribution in [3.8, 4) is 0 Å². The molecule has 0 unspecified atom stereocenters. The molecule has 0 aliphatic carbocycles. The van der Waals surface area contributed by atoms with Gasteiger partial charge in [-0.15, -0.1) is 0 Å². The van der Waals surface area contributed by atoms with E-state index in [1.54, 1.807) is 4.90 Å². The van der Waals surface area contributed by atoms with Gasteiger partial charge < -0.3 is 4.90 Å². The van der Waals surface area contributed by atoms with Crippen molar-refractivity contribution >= 4 is 15.9 Å². The van der Waals surface area contributed by atoms with E-state index in [4.69, 9.17) is 0 Å². The molecule has 0 radical (unpaired) electrons. The van der Waals surface area contributed by atoms with E-state index in [1.165, 1.54) is 6.92 Å². The Hall–Kier alpha value is -1.68. The van der Waals surface area contributed by atoms with Crippen LogP contribution >= 0.6 is 0 Å². The molecule has 0 saturated carbocycles. The number of piperazine rings is 1. The summed E-state index contributed by atoms with van der Waals surface area (Å²) in [6.45, 7) is 1.96. The molecular weight excluding hydrogens is 347 g/mol. The lowest BCUT2D eigenvalue weighted by molar-refractivity contribution is -0.143. The Morgan fingerprint density at radius 2 is 2.04 bits per heavy atom. The highest BCUT2D eigenvalue weighted by Crippen LogP contribution is 2.36. The molecule has 1 aromatic rings. The average Bonchev–Trinajstić information content (AvgIpc) is 2.98. The van der Waals surface area contributed by atoms with Crippen LogP contribution in [0, 0.1) is 0 Å².